The molecular formula is C27H39N5O4. The fraction of sp³-hybridized carbons (Fsp3) is 0.556. The Morgan fingerprint density at radius 3 is 2.33 bits per heavy atom. The normalized spacial score (nSPS) is 18.8. The maximum absolute atomic E-state index is 12.2. The summed E-state index contributed by atoms with van der Waals surface area (Å²) in [7, 11) is 0. The number of piperazine rings is 1. The molecule has 2 fully saturated rings. The monoisotopic (exact) mass is 497 g/mol. The minimum atomic E-state index is -1.00. The summed E-state index contributed by atoms with van der Waals surface area (Å²) in [6.07, 6.45) is 7.43. The topological polar surface area (TPSA) is 98.6 Å². The fourth-order valence-corrected chi connectivity index (χ4v) is 4.48. The van der Waals surface area contributed by atoms with E-state index in [1.54, 1.807) is 25.3 Å². The number of carboxylic acid groups (broad SMARTS) is 1. The number of esters is 1. The van der Waals surface area contributed by atoms with Crippen molar-refractivity contribution in [2.45, 2.75) is 46.1 Å². The highest BCUT2D eigenvalue weighted by molar-refractivity contribution is 5.88. The number of aliphatic imine (C=N–C) groups is 1. The lowest BCUT2D eigenvalue weighted by Gasteiger charge is -2.40. The molecule has 0 spiro atoms. The van der Waals surface area contributed by atoms with E-state index in [2.05, 4.69) is 31.4 Å². The van der Waals surface area contributed by atoms with Crippen molar-refractivity contribution in [2.24, 2.45) is 10.9 Å². The van der Waals surface area contributed by atoms with Crippen LogP contribution < -0.4 is 4.90 Å². The van der Waals surface area contributed by atoms with Crippen LogP contribution in [-0.4, -0.2) is 90.0 Å². The average molecular weight is 498 g/mol. The first-order valence-electron chi connectivity index (χ1n) is 12.6. The highest BCUT2D eigenvalue weighted by Crippen LogP contribution is 2.23. The molecule has 3 heterocycles. The third kappa shape index (κ3) is 7.91. The van der Waals surface area contributed by atoms with Gasteiger partial charge in [-0.05, 0) is 77.5 Å². The van der Waals surface area contributed by atoms with Gasteiger partial charge in [-0.25, -0.2) is 19.6 Å². The van der Waals surface area contributed by atoms with E-state index in [-0.39, 0.29) is 11.7 Å². The van der Waals surface area contributed by atoms with Gasteiger partial charge in [0.2, 0.25) is 0 Å². The molecule has 1 aromatic heterocycles. The molecule has 2 saturated heterocycles. The number of allylic oxidation sites excluding steroid dienone is 2. The van der Waals surface area contributed by atoms with E-state index in [1.807, 2.05) is 32.9 Å². The first-order chi connectivity index (χ1) is 17.1. The van der Waals surface area contributed by atoms with Gasteiger partial charge in [0.25, 0.3) is 0 Å². The number of aromatic carboxylic acids is 1. The second-order valence-corrected chi connectivity index (χ2v) is 10.5. The molecule has 2 aliphatic heterocycles. The quantitative estimate of drug-likeness (QED) is 0.252. The van der Waals surface area contributed by atoms with Gasteiger partial charge >= 0.3 is 11.9 Å². The van der Waals surface area contributed by atoms with Crippen LogP contribution in [0.3, 0.4) is 0 Å². The van der Waals surface area contributed by atoms with Crippen LogP contribution in [0.1, 0.15) is 51.0 Å². The number of piperidine rings is 1. The van der Waals surface area contributed by atoms with Crippen molar-refractivity contribution in [3.05, 3.63) is 47.6 Å². The van der Waals surface area contributed by atoms with Gasteiger partial charge in [0.15, 0.2) is 0 Å². The Hall–Kier alpha value is -3.20. The van der Waals surface area contributed by atoms with Gasteiger partial charge in [0, 0.05) is 51.4 Å². The molecule has 0 amide bonds. The Balaban J connectivity index is 1.44. The predicted octanol–water partition coefficient (Wildman–Crippen LogP) is 3.44. The lowest BCUT2D eigenvalue weighted by Crippen LogP contribution is -2.48. The largest absolute Gasteiger partial charge is 0.477 e. The number of carbonyl (C=O) groups excluding carboxylic acids is 1. The third-order valence-corrected chi connectivity index (χ3v) is 6.52. The Labute approximate surface area is 214 Å². The van der Waals surface area contributed by atoms with Crippen molar-refractivity contribution in [3.63, 3.8) is 0 Å². The Morgan fingerprint density at radius 1 is 1.14 bits per heavy atom. The van der Waals surface area contributed by atoms with Gasteiger partial charge in [-0.1, -0.05) is 0 Å². The Morgan fingerprint density at radius 2 is 1.81 bits per heavy atom. The molecule has 9 nitrogen and oxygen atoms in total. The summed E-state index contributed by atoms with van der Waals surface area (Å²) < 4.78 is 5.41. The van der Waals surface area contributed by atoms with Crippen LogP contribution in [0, 0.1) is 5.92 Å². The van der Waals surface area contributed by atoms with E-state index in [4.69, 9.17) is 9.84 Å². The first-order valence-corrected chi connectivity index (χ1v) is 12.6. The second kappa shape index (κ2) is 12.2. The van der Waals surface area contributed by atoms with Crippen molar-refractivity contribution in [3.8, 4) is 0 Å². The lowest BCUT2D eigenvalue weighted by molar-refractivity contribution is -0.149. The molecule has 0 aromatic carbocycles. The van der Waals surface area contributed by atoms with Crippen LogP contribution in [0.4, 0.5) is 5.69 Å². The van der Waals surface area contributed by atoms with E-state index >= 15 is 0 Å². The average Bonchev–Trinajstić information content (AvgIpc) is 2.84. The van der Waals surface area contributed by atoms with Crippen LogP contribution >= 0.6 is 0 Å². The summed E-state index contributed by atoms with van der Waals surface area (Å²) >= 11 is 0. The zero-order chi connectivity index (χ0) is 26.3. The van der Waals surface area contributed by atoms with E-state index in [1.165, 1.54) is 0 Å². The van der Waals surface area contributed by atoms with E-state index in [0.717, 1.165) is 70.2 Å². The molecular weight excluding hydrogens is 458 g/mol. The van der Waals surface area contributed by atoms with Gasteiger partial charge in [0.05, 0.1) is 11.9 Å². The van der Waals surface area contributed by atoms with Gasteiger partial charge in [-0.3, -0.25) is 4.90 Å². The zero-order valence-corrected chi connectivity index (χ0v) is 21.9. The number of rotatable bonds is 8. The summed E-state index contributed by atoms with van der Waals surface area (Å²) in [5.74, 6) is 0.0905. The van der Waals surface area contributed by atoms with Crippen molar-refractivity contribution in [1.29, 1.82) is 0 Å². The first kappa shape index (κ1) is 27.4. The molecule has 196 valence electrons. The molecule has 9 heteroatoms. The van der Waals surface area contributed by atoms with Gasteiger partial charge in [0.1, 0.15) is 17.1 Å². The van der Waals surface area contributed by atoms with Crippen LogP contribution in [-0.2, 0) is 9.53 Å². The zero-order valence-electron chi connectivity index (χ0n) is 21.9. The Bertz CT molecular complexity index is 980. The third-order valence-electron chi connectivity index (χ3n) is 6.52. The van der Waals surface area contributed by atoms with E-state index < -0.39 is 11.6 Å². The molecule has 0 radical (unpaired) electrons. The van der Waals surface area contributed by atoms with Crippen molar-refractivity contribution < 1.29 is 19.4 Å². The van der Waals surface area contributed by atoms with Gasteiger partial charge in [-0.2, -0.15) is 0 Å². The van der Waals surface area contributed by atoms with Gasteiger partial charge in [-0.15, -0.1) is 0 Å². The number of carbonyl (C=O) groups is 2. The number of anilines is 1. The molecule has 2 aliphatic rings. The molecule has 0 unspecified atom stereocenters. The van der Waals surface area contributed by atoms with Crippen molar-refractivity contribution >= 4 is 24.3 Å². The number of hydrogen-bond acceptors (Lipinski definition) is 8. The number of nitrogens with zero attached hydrogens (tertiary/aromatic N) is 5. The molecule has 0 atom stereocenters. The Kier molecular flexibility index (Phi) is 9.25. The maximum atomic E-state index is 12.2. The summed E-state index contributed by atoms with van der Waals surface area (Å²) in [5.41, 5.74) is 1.06. The summed E-state index contributed by atoms with van der Waals surface area (Å²) in [4.78, 5) is 38.4. The SMILES string of the molecule is C=N/C(=C\C=C(/C)C(=O)OC(C)(C)C)N1CCC(CN2CCN(c3ccc(C(=O)O)nc3)CC2)CC1. The molecule has 0 saturated carbocycles. The maximum Gasteiger partial charge on any atom is 0.354 e. The summed E-state index contributed by atoms with van der Waals surface area (Å²) in [6.45, 7) is 17.7. The molecule has 36 heavy (non-hydrogen) atoms. The number of hydrogen-bond donors (Lipinski definition) is 1. The van der Waals surface area contributed by atoms with Crippen LogP contribution in [0.15, 0.2) is 46.9 Å². The highest BCUT2D eigenvalue weighted by Gasteiger charge is 2.25. The fourth-order valence-electron chi connectivity index (χ4n) is 4.48. The summed E-state index contributed by atoms with van der Waals surface area (Å²) in [5, 5.41) is 9.02. The van der Waals surface area contributed by atoms with Crippen LogP contribution in [0.25, 0.3) is 0 Å². The van der Waals surface area contributed by atoms with Gasteiger partial charge < -0.3 is 19.6 Å². The standard InChI is InChI=1S/C27H39N5O4/c1-20(26(35)36-27(2,3)4)6-9-24(28-5)32-12-10-21(11-13-32)19-30-14-16-31(17-15-30)22-7-8-23(25(33)34)29-18-22/h6-9,18,21H,5,10-17,19H2,1-4H3,(H,33,34)/b20-6+,24-9+. The molecule has 0 aliphatic carbocycles. The smallest absolute Gasteiger partial charge is 0.354 e. The van der Waals surface area contributed by atoms with Crippen molar-refractivity contribution in [2.75, 3.05) is 50.7 Å². The molecule has 3 rings (SSSR count). The van der Waals surface area contributed by atoms with Crippen LogP contribution in [0.5, 0.6) is 0 Å². The molecule has 1 aromatic rings. The summed E-state index contributed by atoms with van der Waals surface area (Å²) in [6, 6.07) is 3.40. The number of ether oxygens (including phenoxy) is 1. The van der Waals surface area contributed by atoms with Crippen LogP contribution in [0.2, 0.25) is 0 Å². The molecule has 1 N–H and O–H groups in total. The van der Waals surface area contributed by atoms with Crippen molar-refractivity contribution in [1.82, 2.24) is 14.8 Å². The lowest BCUT2D eigenvalue weighted by atomic mass is 9.96. The minimum Gasteiger partial charge on any atom is -0.477 e. The highest BCUT2D eigenvalue weighted by atomic mass is 16.6. The minimum absolute atomic E-state index is 0.0718. The predicted molar refractivity (Wildman–Crippen MR) is 141 cm³/mol. The number of pyridine rings is 1. The number of carboxylic acids is 1. The van der Waals surface area contributed by atoms with E-state index in [0.29, 0.717) is 11.5 Å². The number of likely N-dealkylation sites (tertiary alicyclic amines) is 1. The molecule has 0 bridgehead atoms. The number of aromatic nitrogens is 1. The van der Waals surface area contributed by atoms with E-state index in [9.17, 15) is 9.59 Å². The second-order valence-electron chi connectivity index (χ2n) is 10.5.